The van der Waals surface area contributed by atoms with Gasteiger partial charge >= 0.3 is 5.97 Å². The molecule has 2 rings (SSSR count). The van der Waals surface area contributed by atoms with Crippen LogP contribution in [0.2, 0.25) is 5.02 Å². The lowest BCUT2D eigenvalue weighted by Crippen LogP contribution is -2.47. The SMILES string of the molecule is CC(NCC1CC1)(C(=O)O)c1ccc(F)cc1Cl. The van der Waals surface area contributed by atoms with Crippen molar-refractivity contribution in [1.29, 1.82) is 0 Å². The Bertz CT molecular complexity index is 476. The van der Waals surface area contributed by atoms with Crippen molar-refractivity contribution in [2.45, 2.75) is 25.3 Å². The van der Waals surface area contributed by atoms with Crippen molar-refractivity contribution in [2.24, 2.45) is 5.92 Å². The van der Waals surface area contributed by atoms with Gasteiger partial charge in [-0.1, -0.05) is 17.7 Å². The third-order valence-electron chi connectivity index (χ3n) is 3.34. The van der Waals surface area contributed by atoms with Gasteiger partial charge in [0.2, 0.25) is 0 Å². The first kappa shape index (κ1) is 13.3. The molecule has 0 bridgehead atoms. The van der Waals surface area contributed by atoms with Crippen molar-refractivity contribution in [2.75, 3.05) is 6.54 Å². The van der Waals surface area contributed by atoms with Crippen molar-refractivity contribution in [1.82, 2.24) is 5.32 Å². The molecular weight excluding hydrogens is 257 g/mol. The van der Waals surface area contributed by atoms with Crippen LogP contribution in [-0.2, 0) is 10.3 Å². The fraction of sp³-hybridized carbons (Fsp3) is 0.462. The van der Waals surface area contributed by atoms with Crippen molar-refractivity contribution in [3.63, 3.8) is 0 Å². The highest BCUT2D eigenvalue weighted by atomic mass is 35.5. The highest BCUT2D eigenvalue weighted by Crippen LogP contribution is 2.32. The van der Waals surface area contributed by atoms with Crippen molar-refractivity contribution >= 4 is 17.6 Å². The van der Waals surface area contributed by atoms with Crippen LogP contribution in [0.15, 0.2) is 18.2 Å². The molecule has 0 aromatic heterocycles. The number of carboxylic acids is 1. The maximum absolute atomic E-state index is 13.0. The van der Waals surface area contributed by atoms with E-state index in [4.69, 9.17) is 11.6 Å². The number of halogens is 2. The fourth-order valence-corrected chi connectivity index (χ4v) is 2.21. The van der Waals surface area contributed by atoms with Crippen LogP contribution in [0.3, 0.4) is 0 Å². The Kier molecular flexibility index (Phi) is 3.59. The van der Waals surface area contributed by atoms with Crippen LogP contribution in [0, 0.1) is 11.7 Å². The summed E-state index contributed by atoms with van der Waals surface area (Å²) >= 11 is 5.95. The molecule has 1 fully saturated rings. The van der Waals surface area contributed by atoms with E-state index in [9.17, 15) is 14.3 Å². The van der Waals surface area contributed by atoms with E-state index in [-0.39, 0.29) is 5.02 Å². The van der Waals surface area contributed by atoms with Crippen LogP contribution < -0.4 is 5.32 Å². The van der Waals surface area contributed by atoms with Crippen LogP contribution in [0.4, 0.5) is 4.39 Å². The molecule has 3 nitrogen and oxygen atoms in total. The standard InChI is InChI=1S/C13H15ClFNO2/c1-13(12(17)18,16-7-8-2-3-8)10-5-4-9(15)6-11(10)14/h4-6,8,16H,2-3,7H2,1H3,(H,17,18). The molecule has 0 heterocycles. The van der Waals surface area contributed by atoms with Crippen LogP contribution in [0.5, 0.6) is 0 Å². The van der Waals surface area contributed by atoms with Crippen LogP contribution in [0.1, 0.15) is 25.3 Å². The number of nitrogens with one attached hydrogen (secondary N) is 1. The topological polar surface area (TPSA) is 49.3 Å². The third-order valence-corrected chi connectivity index (χ3v) is 3.65. The molecular formula is C13H15ClFNO2. The van der Waals surface area contributed by atoms with Gasteiger partial charge in [-0.15, -0.1) is 0 Å². The second-order valence-electron chi connectivity index (χ2n) is 4.88. The van der Waals surface area contributed by atoms with Gasteiger partial charge in [0.05, 0.1) is 0 Å². The second kappa shape index (κ2) is 4.86. The van der Waals surface area contributed by atoms with E-state index in [1.54, 1.807) is 6.92 Å². The molecule has 1 aliphatic rings. The largest absolute Gasteiger partial charge is 0.480 e. The minimum absolute atomic E-state index is 0.128. The van der Waals surface area contributed by atoms with Crippen molar-refractivity contribution < 1.29 is 14.3 Å². The highest BCUT2D eigenvalue weighted by molar-refractivity contribution is 6.31. The first-order chi connectivity index (χ1) is 8.43. The molecule has 1 aromatic rings. The number of hydrogen-bond donors (Lipinski definition) is 2. The van der Waals surface area contributed by atoms with E-state index in [1.165, 1.54) is 12.1 Å². The summed E-state index contributed by atoms with van der Waals surface area (Å²) in [6.07, 6.45) is 2.25. The minimum Gasteiger partial charge on any atom is -0.480 e. The summed E-state index contributed by atoms with van der Waals surface area (Å²) in [6, 6.07) is 3.78. The van der Waals surface area contributed by atoms with Crippen LogP contribution in [0.25, 0.3) is 0 Å². The fourth-order valence-electron chi connectivity index (χ4n) is 1.85. The average Bonchev–Trinajstić information content (AvgIpc) is 3.09. The summed E-state index contributed by atoms with van der Waals surface area (Å²) in [5, 5.41) is 12.6. The highest BCUT2D eigenvalue weighted by Gasteiger charge is 2.38. The lowest BCUT2D eigenvalue weighted by atomic mass is 9.91. The number of hydrogen-bond acceptors (Lipinski definition) is 2. The van der Waals surface area contributed by atoms with Gasteiger partial charge in [0.25, 0.3) is 0 Å². The van der Waals surface area contributed by atoms with Crippen molar-refractivity contribution in [3.8, 4) is 0 Å². The summed E-state index contributed by atoms with van der Waals surface area (Å²) in [6.45, 7) is 2.19. The average molecular weight is 272 g/mol. The van der Waals surface area contributed by atoms with Gasteiger partial charge < -0.3 is 5.11 Å². The number of carbonyl (C=O) groups is 1. The summed E-state index contributed by atoms with van der Waals surface area (Å²) in [7, 11) is 0. The molecule has 0 saturated heterocycles. The molecule has 1 atom stereocenters. The second-order valence-corrected chi connectivity index (χ2v) is 5.29. The Balaban J connectivity index is 2.29. The number of benzene rings is 1. The van der Waals surface area contributed by atoms with Gasteiger partial charge in [-0.3, -0.25) is 5.32 Å². The first-order valence-corrected chi connectivity index (χ1v) is 6.25. The Hall–Kier alpha value is -1.13. The zero-order valence-electron chi connectivity index (χ0n) is 10.0. The summed E-state index contributed by atoms with van der Waals surface area (Å²) in [5.74, 6) is -0.946. The monoisotopic (exact) mass is 271 g/mol. The molecule has 1 unspecified atom stereocenters. The number of aliphatic carboxylic acids is 1. The predicted molar refractivity (Wildman–Crippen MR) is 67.1 cm³/mol. The molecule has 0 amide bonds. The molecule has 1 saturated carbocycles. The Morgan fingerprint density at radius 2 is 2.28 bits per heavy atom. The van der Waals surface area contributed by atoms with E-state index in [1.807, 2.05) is 0 Å². The molecule has 98 valence electrons. The van der Waals surface area contributed by atoms with E-state index >= 15 is 0 Å². The molecule has 0 spiro atoms. The molecule has 1 aliphatic carbocycles. The van der Waals surface area contributed by atoms with E-state index in [0.29, 0.717) is 18.0 Å². The van der Waals surface area contributed by atoms with Gasteiger partial charge in [-0.2, -0.15) is 0 Å². The minimum atomic E-state index is -1.28. The Labute approximate surface area is 110 Å². The molecule has 1 aromatic carbocycles. The zero-order valence-corrected chi connectivity index (χ0v) is 10.8. The zero-order chi connectivity index (χ0) is 13.3. The number of carboxylic acid groups (broad SMARTS) is 1. The van der Waals surface area contributed by atoms with Crippen LogP contribution in [-0.4, -0.2) is 17.6 Å². The van der Waals surface area contributed by atoms with Gasteiger partial charge in [-0.25, -0.2) is 9.18 Å². The molecule has 0 aliphatic heterocycles. The first-order valence-electron chi connectivity index (χ1n) is 5.87. The predicted octanol–water partition coefficient (Wildman–Crippen LogP) is 2.78. The molecule has 5 heteroatoms. The Morgan fingerprint density at radius 1 is 1.61 bits per heavy atom. The molecule has 18 heavy (non-hydrogen) atoms. The smallest absolute Gasteiger partial charge is 0.328 e. The van der Waals surface area contributed by atoms with E-state index < -0.39 is 17.3 Å². The van der Waals surface area contributed by atoms with Gasteiger partial charge in [0, 0.05) is 10.6 Å². The maximum atomic E-state index is 13.0. The third kappa shape index (κ3) is 2.65. The Morgan fingerprint density at radius 3 is 2.78 bits per heavy atom. The summed E-state index contributed by atoms with van der Waals surface area (Å²) in [4.78, 5) is 11.5. The van der Waals surface area contributed by atoms with Crippen molar-refractivity contribution in [3.05, 3.63) is 34.6 Å². The van der Waals surface area contributed by atoms with Crippen LogP contribution >= 0.6 is 11.6 Å². The van der Waals surface area contributed by atoms with Gasteiger partial charge in [0.1, 0.15) is 11.4 Å². The molecule has 0 radical (unpaired) electrons. The normalized spacial score (nSPS) is 18.4. The lowest BCUT2D eigenvalue weighted by Gasteiger charge is -2.28. The van der Waals surface area contributed by atoms with Gasteiger partial charge in [-0.05, 0) is 44.4 Å². The summed E-state index contributed by atoms with van der Waals surface area (Å²) < 4.78 is 13.0. The quantitative estimate of drug-likeness (QED) is 0.866. The molecule has 2 N–H and O–H groups in total. The van der Waals surface area contributed by atoms with Gasteiger partial charge in [0.15, 0.2) is 0 Å². The van der Waals surface area contributed by atoms with E-state index in [0.717, 1.165) is 18.9 Å². The van der Waals surface area contributed by atoms with E-state index in [2.05, 4.69) is 5.32 Å². The maximum Gasteiger partial charge on any atom is 0.328 e. The summed E-state index contributed by atoms with van der Waals surface area (Å²) in [5.41, 5.74) is -0.897. The lowest BCUT2D eigenvalue weighted by molar-refractivity contribution is -0.144. The number of rotatable bonds is 5.